The van der Waals surface area contributed by atoms with Crippen molar-refractivity contribution in [3.63, 3.8) is 0 Å². The van der Waals surface area contributed by atoms with E-state index in [1.807, 2.05) is 0 Å². The Morgan fingerprint density at radius 3 is 2.65 bits per heavy atom. The van der Waals surface area contributed by atoms with Crippen LogP contribution in [0.15, 0.2) is 24.3 Å². The van der Waals surface area contributed by atoms with Gasteiger partial charge in [-0.05, 0) is 50.2 Å². The summed E-state index contributed by atoms with van der Waals surface area (Å²) in [6.45, 7) is 6.80. The van der Waals surface area contributed by atoms with E-state index >= 15 is 0 Å². The van der Waals surface area contributed by atoms with Crippen molar-refractivity contribution >= 4 is 0 Å². The fourth-order valence-electron chi connectivity index (χ4n) is 2.97. The zero-order valence-electron chi connectivity index (χ0n) is 11.4. The summed E-state index contributed by atoms with van der Waals surface area (Å²) in [6.07, 6.45) is 5.21. The Hall–Kier alpha value is -0.820. The van der Waals surface area contributed by atoms with E-state index in [9.17, 15) is 0 Å². The molecule has 1 nitrogen and oxygen atoms in total. The molecule has 2 rings (SSSR count). The average molecular weight is 231 g/mol. The number of rotatable bonds is 5. The van der Waals surface area contributed by atoms with Gasteiger partial charge in [-0.25, -0.2) is 0 Å². The highest BCUT2D eigenvalue weighted by molar-refractivity contribution is 5.31. The molecule has 1 heteroatoms. The second kappa shape index (κ2) is 5.68. The molecule has 0 saturated heterocycles. The average Bonchev–Trinajstić information content (AvgIpc) is 2.25. The minimum Gasteiger partial charge on any atom is -0.311 e. The standard InChI is InChI=1S/C16H25N/c1-4-7-13(3)17-15-10-14(11-15)16-9-6-5-8-12(16)2/h5-6,8-9,13-15,17H,4,7,10-11H2,1-3H3. The number of hydrogen-bond acceptors (Lipinski definition) is 1. The van der Waals surface area contributed by atoms with Crippen LogP contribution in [0.1, 0.15) is 56.6 Å². The van der Waals surface area contributed by atoms with Crippen molar-refractivity contribution in [3.05, 3.63) is 35.4 Å². The highest BCUT2D eigenvalue weighted by Crippen LogP contribution is 2.38. The number of hydrogen-bond donors (Lipinski definition) is 1. The van der Waals surface area contributed by atoms with Crippen molar-refractivity contribution in [2.75, 3.05) is 0 Å². The largest absolute Gasteiger partial charge is 0.311 e. The van der Waals surface area contributed by atoms with Crippen LogP contribution in [-0.2, 0) is 0 Å². The summed E-state index contributed by atoms with van der Waals surface area (Å²) >= 11 is 0. The fourth-order valence-corrected chi connectivity index (χ4v) is 2.97. The van der Waals surface area contributed by atoms with Crippen LogP contribution in [-0.4, -0.2) is 12.1 Å². The first-order chi connectivity index (χ1) is 8.20. The Morgan fingerprint density at radius 2 is 2.00 bits per heavy atom. The molecule has 0 spiro atoms. The molecule has 0 aromatic heterocycles. The molecule has 1 unspecified atom stereocenters. The van der Waals surface area contributed by atoms with Crippen LogP contribution in [0, 0.1) is 6.92 Å². The van der Waals surface area contributed by atoms with Gasteiger partial charge in [-0.15, -0.1) is 0 Å². The summed E-state index contributed by atoms with van der Waals surface area (Å²) in [7, 11) is 0. The van der Waals surface area contributed by atoms with Crippen LogP contribution in [0.4, 0.5) is 0 Å². The summed E-state index contributed by atoms with van der Waals surface area (Å²) in [5.41, 5.74) is 3.02. The van der Waals surface area contributed by atoms with E-state index in [0.717, 1.165) is 12.0 Å². The number of benzene rings is 1. The molecular formula is C16H25N. The van der Waals surface area contributed by atoms with E-state index in [1.54, 1.807) is 5.56 Å². The summed E-state index contributed by atoms with van der Waals surface area (Å²) < 4.78 is 0. The maximum absolute atomic E-state index is 3.74. The third kappa shape index (κ3) is 3.10. The number of aryl methyl sites for hydroxylation is 1. The summed E-state index contributed by atoms with van der Waals surface area (Å²) in [6, 6.07) is 10.3. The third-order valence-electron chi connectivity index (χ3n) is 4.01. The molecule has 17 heavy (non-hydrogen) atoms. The van der Waals surface area contributed by atoms with Gasteiger partial charge in [0, 0.05) is 12.1 Å². The molecule has 94 valence electrons. The van der Waals surface area contributed by atoms with Gasteiger partial charge in [0.05, 0.1) is 0 Å². The van der Waals surface area contributed by atoms with Crippen LogP contribution in [0.3, 0.4) is 0 Å². The molecule has 0 radical (unpaired) electrons. The van der Waals surface area contributed by atoms with Crippen LogP contribution in [0.5, 0.6) is 0 Å². The first-order valence-electron chi connectivity index (χ1n) is 7.02. The highest BCUT2D eigenvalue weighted by atomic mass is 15.0. The van der Waals surface area contributed by atoms with Gasteiger partial charge in [-0.3, -0.25) is 0 Å². The lowest BCUT2D eigenvalue weighted by Gasteiger charge is -2.38. The maximum Gasteiger partial charge on any atom is 0.00812 e. The second-order valence-corrected chi connectivity index (χ2v) is 5.58. The van der Waals surface area contributed by atoms with Crippen LogP contribution in [0.2, 0.25) is 0 Å². The molecule has 1 aromatic carbocycles. The van der Waals surface area contributed by atoms with Gasteiger partial charge in [-0.1, -0.05) is 37.6 Å². The molecule has 0 amide bonds. The van der Waals surface area contributed by atoms with Crippen LogP contribution in [0.25, 0.3) is 0 Å². The summed E-state index contributed by atoms with van der Waals surface area (Å²) in [4.78, 5) is 0. The van der Waals surface area contributed by atoms with E-state index in [0.29, 0.717) is 6.04 Å². The molecule has 1 atom stereocenters. The van der Waals surface area contributed by atoms with E-state index in [4.69, 9.17) is 0 Å². The van der Waals surface area contributed by atoms with Crippen molar-refractivity contribution in [2.24, 2.45) is 0 Å². The van der Waals surface area contributed by atoms with Crippen molar-refractivity contribution < 1.29 is 0 Å². The highest BCUT2D eigenvalue weighted by Gasteiger charge is 2.31. The van der Waals surface area contributed by atoms with Gasteiger partial charge >= 0.3 is 0 Å². The fraction of sp³-hybridized carbons (Fsp3) is 0.625. The van der Waals surface area contributed by atoms with E-state index in [1.165, 1.54) is 31.2 Å². The lowest BCUT2D eigenvalue weighted by molar-refractivity contribution is 0.264. The van der Waals surface area contributed by atoms with Gasteiger partial charge in [0.1, 0.15) is 0 Å². The zero-order chi connectivity index (χ0) is 12.3. The van der Waals surface area contributed by atoms with Crippen LogP contribution < -0.4 is 5.32 Å². The molecule has 1 aromatic rings. The minimum absolute atomic E-state index is 0.683. The van der Waals surface area contributed by atoms with Gasteiger partial charge in [0.15, 0.2) is 0 Å². The second-order valence-electron chi connectivity index (χ2n) is 5.58. The molecule has 0 aliphatic heterocycles. The summed E-state index contributed by atoms with van der Waals surface area (Å²) in [5.74, 6) is 0.794. The Bertz CT molecular complexity index is 352. The van der Waals surface area contributed by atoms with Gasteiger partial charge in [-0.2, -0.15) is 0 Å². The minimum atomic E-state index is 0.683. The Labute approximate surface area is 106 Å². The van der Waals surface area contributed by atoms with Gasteiger partial charge < -0.3 is 5.32 Å². The number of nitrogens with one attached hydrogen (secondary N) is 1. The molecule has 1 aliphatic rings. The molecule has 0 bridgehead atoms. The van der Waals surface area contributed by atoms with Gasteiger partial charge in [0.25, 0.3) is 0 Å². The molecule has 1 aliphatic carbocycles. The zero-order valence-corrected chi connectivity index (χ0v) is 11.4. The lowest BCUT2D eigenvalue weighted by Crippen LogP contribution is -2.44. The maximum atomic E-state index is 3.74. The molecule has 1 saturated carbocycles. The Kier molecular flexibility index (Phi) is 4.22. The molecular weight excluding hydrogens is 206 g/mol. The van der Waals surface area contributed by atoms with E-state index < -0.39 is 0 Å². The first kappa shape index (κ1) is 12.6. The Balaban J connectivity index is 1.81. The SMILES string of the molecule is CCCC(C)NC1CC(c2ccccc2C)C1. The topological polar surface area (TPSA) is 12.0 Å². The molecule has 0 heterocycles. The van der Waals surface area contributed by atoms with Crippen molar-refractivity contribution in [1.82, 2.24) is 5.32 Å². The van der Waals surface area contributed by atoms with E-state index in [-0.39, 0.29) is 0 Å². The Morgan fingerprint density at radius 1 is 1.29 bits per heavy atom. The van der Waals surface area contributed by atoms with Crippen molar-refractivity contribution in [1.29, 1.82) is 0 Å². The van der Waals surface area contributed by atoms with Gasteiger partial charge in [0.2, 0.25) is 0 Å². The smallest absolute Gasteiger partial charge is 0.00812 e. The third-order valence-corrected chi connectivity index (χ3v) is 4.01. The normalized spacial score (nSPS) is 25.4. The monoisotopic (exact) mass is 231 g/mol. The molecule has 1 N–H and O–H groups in total. The molecule has 1 fully saturated rings. The van der Waals surface area contributed by atoms with Crippen molar-refractivity contribution in [2.45, 2.75) is 64.5 Å². The predicted molar refractivity (Wildman–Crippen MR) is 74.4 cm³/mol. The van der Waals surface area contributed by atoms with Crippen molar-refractivity contribution in [3.8, 4) is 0 Å². The lowest BCUT2D eigenvalue weighted by atomic mass is 9.74. The van der Waals surface area contributed by atoms with Crippen LogP contribution >= 0.6 is 0 Å². The summed E-state index contributed by atoms with van der Waals surface area (Å²) in [5, 5.41) is 3.74. The quantitative estimate of drug-likeness (QED) is 0.807. The predicted octanol–water partition coefficient (Wildman–Crippen LogP) is 4.02. The first-order valence-corrected chi connectivity index (χ1v) is 7.02. The van der Waals surface area contributed by atoms with E-state index in [2.05, 4.69) is 50.4 Å².